The van der Waals surface area contributed by atoms with Crippen LogP contribution in [-0.2, 0) is 9.59 Å². The van der Waals surface area contributed by atoms with Gasteiger partial charge in [-0.2, -0.15) is 0 Å². The lowest BCUT2D eigenvalue weighted by Gasteiger charge is -2.25. The Kier molecular flexibility index (Phi) is 3.52. The van der Waals surface area contributed by atoms with Gasteiger partial charge in [-0.3, -0.25) is 4.79 Å². The minimum atomic E-state index is -1.33. The van der Waals surface area contributed by atoms with Crippen molar-refractivity contribution in [3.05, 3.63) is 34.6 Å². The fourth-order valence-electron chi connectivity index (χ4n) is 1.88. The number of nitrogens with zero attached hydrogens (tertiary/aromatic N) is 1. The number of aliphatic carboxylic acids is 1. The van der Waals surface area contributed by atoms with Crippen molar-refractivity contribution >= 4 is 24.0 Å². The van der Waals surface area contributed by atoms with E-state index in [0.29, 0.717) is 6.41 Å². The van der Waals surface area contributed by atoms with Gasteiger partial charge in [0.1, 0.15) is 5.82 Å². The number of benzene rings is 1. The third kappa shape index (κ3) is 2.31. The van der Waals surface area contributed by atoms with E-state index in [1.807, 2.05) is 0 Å². The smallest absolute Gasteiger partial charge is 0.331 e. The van der Waals surface area contributed by atoms with Crippen LogP contribution in [0.1, 0.15) is 24.4 Å². The van der Waals surface area contributed by atoms with Crippen LogP contribution < -0.4 is 0 Å². The Morgan fingerprint density at radius 3 is 2.72 bits per heavy atom. The molecule has 18 heavy (non-hydrogen) atoms. The number of carboxylic acids is 1. The number of rotatable bonds is 5. The van der Waals surface area contributed by atoms with E-state index in [1.165, 1.54) is 18.2 Å². The molecule has 4 nitrogen and oxygen atoms in total. The zero-order valence-corrected chi connectivity index (χ0v) is 10.1. The minimum Gasteiger partial charge on any atom is -0.479 e. The van der Waals surface area contributed by atoms with Crippen LogP contribution in [0.3, 0.4) is 0 Å². The number of carbonyl (C=O) groups is 2. The Morgan fingerprint density at radius 2 is 2.22 bits per heavy atom. The van der Waals surface area contributed by atoms with Crippen LogP contribution in [0.5, 0.6) is 0 Å². The van der Waals surface area contributed by atoms with Crippen molar-refractivity contribution in [3.8, 4) is 0 Å². The summed E-state index contributed by atoms with van der Waals surface area (Å²) < 4.78 is 13.9. The van der Waals surface area contributed by atoms with Crippen LogP contribution in [0, 0.1) is 5.82 Å². The molecule has 1 amide bonds. The molecule has 1 unspecified atom stereocenters. The zero-order chi connectivity index (χ0) is 13.3. The molecule has 96 valence electrons. The van der Waals surface area contributed by atoms with Crippen molar-refractivity contribution < 1.29 is 19.1 Å². The second-order valence-corrected chi connectivity index (χ2v) is 4.57. The first-order valence-electron chi connectivity index (χ1n) is 5.45. The van der Waals surface area contributed by atoms with Gasteiger partial charge in [-0.15, -0.1) is 0 Å². The first-order valence-corrected chi connectivity index (χ1v) is 5.83. The Morgan fingerprint density at radius 1 is 1.56 bits per heavy atom. The van der Waals surface area contributed by atoms with Gasteiger partial charge < -0.3 is 10.0 Å². The normalized spacial score (nSPS) is 16.1. The maximum absolute atomic E-state index is 13.9. The number of carbonyl (C=O) groups excluding carboxylic acids is 1. The number of hydrogen-bond donors (Lipinski definition) is 1. The molecule has 0 radical (unpaired) electrons. The summed E-state index contributed by atoms with van der Waals surface area (Å²) >= 11 is 5.63. The Labute approximate surface area is 108 Å². The molecule has 1 N–H and O–H groups in total. The highest BCUT2D eigenvalue weighted by molar-refractivity contribution is 6.30. The van der Waals surface area contributed by atoms with Gasteiger partial charge in [0.25, 0.3) is 0 Å². The summed E-state index contributed by atoms with van der Waals surface area (Å²) in [6, 6.07) is 2.68. The van der Waals surface area contributed by atoms with Crippen LogP contribution in [0.4, 0.5) is 4.39 Å². The van der Waals surface area contributed by atoms with Crippen molar-refractivity contribution in [1.29, 1.82) is 0 Å². The SMILES string of the molecule is O=CN(C1CC1)C(C(=O)O)c1cccc(Cl)c1F. The second-order valence-electron chi connectivity index (χ2n) is 4.17. The summed E-state index contributed by atoms with van der Waals surface area (Å²) in [6.07, 6.45) is 1.94. The lowest BCUT2D eigenvalue weighted by atomic mass is 10.0. The van der Waals surface area contributed by atoms with E-state index in [-0.39, 0.29) is 16.6 Å². The topological polar surface area (TPSA) is 57.6 Å². The fraction of sp³-hybridized carbons (Fsp3) is 0.333. The Balaban J connectivity index is 2.43. The van der Waals surface area contributed by atoms with Gasteiger partial charge in [0.2, 0.25) is 6.41 Å². The van der Waals surface area contributed by atoms with E-state index >= 15 is 0 Å². The maximum atomic E-state index is 13.9. The molecule has 0 aromatic heterocycles. The first-order chi connectivity index (χ1) is 8.56. The summed E-state index contributed by atoms with van der Waals surface area (Å²) in [6.45, 7) is 0. The lowest BCUT2D eigenvalue weighted by Crippen LogP contribution is -2.35. The van der Waals surface area contributed by atoms with Crippen LogP contribution in [0.25, 0.3) is 0 Å². The first kappa shape index (κ1) is 12.8. The summed E-state index contributed by atoms with van der Waals surface area (Å²) in [5, 5.41) is 9.06. The number of amides is 1. The zero-order valence-electron chi connectivity index (χ0n) is 9.35. The molecule has 1 fully saturated rings. The highest BCUT2D eigenvalue weighted by atomic mass is 35.5. The molecule has 1 atom stereocenters. The van der Waals surface area contributed by atoms with Gasteiger partial charge in [0.15, 0.2) is 6.04 Å². The summed E-state index contributed by atoms with van der Waals surface area (Å²) in [7, 11) is 0. The Bertz CT molecular complexity index is 490. The molecule has 1 aromatic rings. The van der Waals surface area contributed by atoms with Crippen LogP contribution in [0.15, 0.2) is 18.2 Å². The van der Waals surface area contributed by atoms with Crippen LogP contribution >= 0.6 is 11.6 Å². The largest absolute Gasteiger partial charge is 0.479 e. The van der Waals surface area contributed by atoms with Gasteiger partial charge in [-0.05, 0) is 18.9 Å². The van der Waals surface area contributed by atoms with Gasteiger partial charge in [-0.1, -0.05) is 23.7 Å². The average Bonchev–Trinajstić information content (AvgIpc) is 3.14. The quantitative estimate of drug-likeness (QED) is 0.836. The average molecular weight is 272 g/mol. The number of carboxylic acid groups (broad SMARTS) is 1. The molecule has 0 heterocycles. The molecule has 0 spiro atoms. The van der Waals surface area contributed by atoms with Crippen molar-refractivity contribution in [1.82, 2.24) is 4.90 Å². The summed E-state index contributed by atoms with van der Waals surface area (Å²) in [4.78, 5) is 23.4. The number of hydrogen-bond acceptors (Lipinski definition) is 2. The Hall–Kier alpha value is -1.62. The third-order valence-electron chi connectivity index (χ3n) is 2.90. The van der Waals surface area contributed by atoms with Crippen molar-refractivity contribution in [2.24, 2.45) is 0 Å². The lowest BCUT2D eigenvalue weighted by molar-refractivity contribution is -0.147. The molecule has 0 saturated heterocycles. The standard InChI is InChI=1S/C12H11ClFNO3/c13-9-3-1-2-8(10(9)14)11(12(17)18)15(6-16)7-4-5-7/h1-3,6-7,11H,4-5H2,(H,17,18). The molecular formula is C12H11ClFNO3. The van der Waals surface area contributed by atoms with Crippen molar-refractivity contribution in [2.75, 3.05) is 0 Å². The molecular weight excluding hydrogens is 261 g/mol. The van der Waals surface area contributed by atoms with E-state index in [4.69, 9.17) is 11.6 Å². The molecule has 2 rings (SSSR count). The van der Waals surface area contributed by atoms with Gasteiger partial charge in [0, 0.05) is 11.6 Å². The molecule has 1 aliphatic carbocycles. The summed E-state index contributed by atoms with van der Waals surface area (Å²) in [5.74, 6) is -2.06. The predicted octanol–water partition coefficient (Wildman–Crippen LogP) is 2.23. The van der Waals surface area contributed by atoms with Crippen LogP contribution in [0.2, 0.25) is 5.02 Å². The van der Waals surface area contributed by atoms with E-state index in [9.17, 15) is 19.1 Å². The number of halogens is 2. The van der Waals surface area contributed by atoms with Gasteiger partial charge in [0.05, 0.1) is 5.02 Å². The van der Waals surface area contributed by atoms with Crippen molar-refractivity contribution in [3.63, 3.8) is 0 Å². The van der Waals surface area contributed by atoms with Gasteiger partial charge >= 0.3 is 5.97 Å². The van der Waals surface area contributed by atoms with Gasteiger partial charge in [-0.25, -0.2) is 9.18 Å². The van der Waals surface area contributed by atoms with E-state index in [0.717, 1.165) is 17.7 Å². The predicted molar refractivity (Wildman–Crippen MR) is 62.7 cm³/mol. The van der Waals surface area contributed by atoms with E-state index in [2.05, 4.69) is 0 Å². The molecule has 1 aliphatic rings. The monoisotopic (exact) mass is 271 g/mol. The second kappa shape index (κ2) is 4.94. The van der Waals surface area contributed by atoms with E-state index < -0.39 is 17.8 Å². The summed E-state index contributed by atoms with van der Waals surface area (Å²) in [5.41, 5.74) is -0.0889. The third-order valence-corrected chi connectivity index (χ3v) is 3.19. The van der Waals surface area contributed by atoms with Crippen LogP contribution in [-0.4, -0.2) is 28.4 Å². The highest BCUT2D eigenvalue weighted by Crippen LogP contribution is 2.35. The molecule has 0 bridgehead atoms. The van der Waals surface area contributed by atoms with E-state index in [1.54, 1.807) is 0 Å². The minimum absolute atomic E-state index is 0.0889. The molecule has 1 saturated carbocycles. The maximum Gasteiger partial charge on any atom is 0.331 e. The molecule has 0 aliphatic heterocycles. The fourth-order valence-corrected chi connectivity index (χ4v) is 2.07. The molecule has 1 aromatic carbocycles. The molecule has 6 heteroatoms. The highest BCUT2D eigenvalue weighted by Gasteiger charge is 2.38. The van der Waals surface area contributed by atoms with Crippen molar-refractivity contribution in [2.45, 2.75) is 24.9 Å².